The molecule has 1 aliphatic heterocycles. The second-order valence-corrected chi connectivity index (χ2v) is 7.16. The molecule has 1 amide bonds. The maximum absolute atomic E-state index is 13.1. The molecular weight excluding hydrogens is 410 g/mol. The molecule has 0 bridgehead atoms. The van der Waals surface area contributed by atoms with Crippen LogP contribution in [0, 0.1) is 0 Å². The van der Waals surface area contributed by atoms with Gasteiger partial charge in [0, 0.05) is 11.3 Å². The second-order valence-electron chi connectivity index (χ2n) is 7.16. The summed E-state index contributed by atoms with van der Waals surface area (Å²) in [5, 5.41) is 20.2. The fourth-order valence-corrected chi connectivity index (χ4v) is 3.72. The molecule has 160 valence electrons. The van der Waals surface area contributed by atoms with Crippen LogP contribution in [0.3, 0.4) is 0 Å². The number of carbonyl (C=O) groups is 3. The van der Waals surface area contributed by atoms with Crippen LogP contribution in [0.25, 0.3) is 5.76 Å². The van der Waals surface area contributed by atoms with Gasteiger partial charge >= 0.3 is 5.97 Å². The zero-order valence-electron chi connectivity index (χ0n) is 17.1. The quantitative estimate of drug-likeness (QED) is 0.361. The Morgan fingerprint density at radius 3 is 2.03 bits per heavy atom. The fourth-order valence-electron chi connectivity index (χ4n) is 3.72. The summed E-state index contributed by atoms with van der Waals surface area (Å²) in [6.07, 6.45) is 0. The highest BCUT2D eigenvalue weighted by Gasteiger charge is 2.47. The Hall–Kier alpha value is -4.39. The van der Waals surface area contributed by atoms with E-state index in [-0.39, 0.29) is 16.9 Å². The lowest BCUT2D eigenvalue weighted by Crippen LogP contribution is -2.29. The number of hydrogen-bond acceptors (Lipinski definition) is 5. The van der Waals surface area contributed by atoms with Crippen molar-refractivity contribution >= 4 is 29.1 Å². The first-order valence-electron chi connectivity index (χ1n) is 9.76. The summed E-state index contributed by atoms with van der Waals surface area (Å²) >= 11 is 0. The Morgan fingerprint density at radius 1 is 0.844 bits per heavy atom. The smallest absolute Gasteiger partial charge is 0.335 e. The molecule has 1 heterocycles. The number of aliphatic hydroxyl groups excluding tert-OH is 1. The van der Waals surface area contributed by atoms with Gasteiger partial charge in [-0.25, -0.2) is 4.79 Å². The van der Waals surface area contributed by atoms with Crippen molar-refractivity contribution in [1.29, 1.82) is 0 Å². The number of aliphatic hydroxyl groups is 1. The molecule has 3 aromatic carbocycles. The van der Waals surface area contributed by atoms with E-state index >= 15 is 0 Å². The molecule has 3 aromatic rings. The molecule has 0 radical (unpaired) electrons. The molecular formula is C25H19NO6. The standard InChI is InChI=1S/C25H19NO6/c1-32-19-13-9-15(10-14-19)21-20(22(27)16-5-3-2-4-6-16)23(28)24(29)26(21)18-11-7-17(8-12-18)25(30)31/h2-14,21,27H,1H3,(H,30,31)/b22-20+/t21-/m0/s1. The maximum Gasteiger partial charge on any atom is 0.335 e. The first-order valence-corrected chi connectivity index (χ1v) is 9.76. The van der Waals surface area contributed by atoms with E-state index in [9.17, 15) is 19.5 Å². The Balaban J connectivity index is 1.90. The summed E-state index contributed by atoms with van der Waals surface area (Å²) in [5.74, 6) is -2.43. The van der Waals surface area contributed by atoms with Crippen LogP contribution in [-0.4, -0.2) is 35.0 Å². The summed E-state index contributed by atoms with van der Waals surface area (Å²) in [4.78, 5) is 38.6. The molecule has 0 aliphatic carbocycles. The minimum Gasteiger partial charge on any atom is -0.507 e. The van der Waals surface area contributed by atoms with E-state index in [1.165, 1.54) is 36.3 Å². The zero-order chi connectivity index (χ0) is 22.8. The predicted octanol–water partition coefficient (Wildman–Crippen LogP) is 4.02. The van der Waals surface area contributed by atoms with Crippen LogP contribution in [0.15, 0.2) is 84.4 Å². The topological polar surface area (TPSA) is 104 Å². The Bertz CT molecular complexity index is 1210. The number of benzene rings is 3. The van der Waals surface area contributed by atoms with E-state index < -0.39 is 23.7 Å². The lowest BCUT2D eigenvalue weighted by atomic mass is 9.95. The molecule has 1 saturated heterocycles. The number of aromatic carboxylic acids is 1. The summed E-state index contributed by atoms with van der Waals surface area (Å²) in [5.41, 5.74) is 1.34. The minimum absolute atomic E-state index is 0.0475. The number of ketones is 1. The number of hydrogen-bond donors (Lipinski definition) is 2. The number of ether oxygens (including phenoxy) is 1. The average molecular weight is 429 g/mol. The highest BCUT2D eigenvalue weighted by atomic mass is 16.5. The van der Waals surface area contributed by atoms with E-state index in [2.05, 4.69) is 0 Å². The molecule has 2 N–H and O–H groups in total. The Kier molecular flexibility index (Phi) is 5.47. The first kappa shape index (κ1) is 20.9. The van der Waals surface area contributed by atoms with Crippen LogP contribution in [0.2, 0.25) is 0 Å². The van der Waals surface area contributed by atoms with Gasteiger partial charge in [-0.1, -0.05) is 42.5 Å². The van der Waals surface area contributed by atoms with Gasteiger partial charge in [-0.2, -0.15) is 0 Å². The van der Waals surface area contributed by atoms with Gasteiger partial charge in [0.1, 0.15) is 11.5 Å². The number of methoxy groups -OCH3 is 1. The highest BCUT2D eigenvalue weighted by molar-refractivity contribution is 6.51. The van der Waals surface area contributed by atoms with Crippen LogP contribution in [-0.2, 0) is 9.59 Å². The van der Waals surface area contributed by atoms with Crippen LogP contribution in [0.4, 0.5) is 5.69 Å². The van der Waals surface area contributed by atoms with Crippen molar-refractivity contribution in [3.05, 3.63) is 101 Å². The minimum atomic E-state index is -1.10. The predicted molar refractivity (Wildman–Crippen MR) is 118 cm³/mol. The van der Waals surface area contributed by atoms with E-state index in [1.807, 2.05) is 0 Å². The van der Waals surface area contributed by atoms with Gasteiger partial charge < -0.3 is 14.9 Å². The van der Waals surface area contributed by atoms with Gasteiger partial charge in [0.2, 0.25) is 0 Å². The summed E-state index contributed by atoms with van der Waals surface area (Å²) in [6.45, 7) is 0. The van der Waals surface area contributed by atoms with Gasteiger partial charge in [0.25, 0.3) is 11.7 Å². The van der Waals surface area contributed by atoms with E-state index in [1.54, 1.807) is 54.6 Å². The lowest BCUT2D eigenvalue weighted by Gasteiger charge is -2.25. The normalized spacial score (nSPS) is 17.4. The molecule has 0 aromatic heterocycles. The summed E-state index contributed by atoms with van der Waals surface area (Å²) < 4.78 is 5.20. The molecule has 0 spiro atoms. The number of rotatable bonds is 5. The summed E-state index contributed by atoms with van der Waals surface area (Å²) in [6, 6.07) is 20.1. The average Bonchev–Trinajstić information content (AvgIpc) is 3.09. The lowest BCUT2D eigenvalue weighted by molar-refractivity contribution is -0.132. The van der Waals surface area contributed by atoms with E-state index in [0.29, 0.717) is 22.6 Å². The molecule has 7 heteroatoms. The first-order chi connectivity index (χ1) is 15.4. The van der Waals surface area contributed by atoms with Crippen molar-refractivity contribution in [3.8, 4) is 5.75 Å². The molecule has 7 nitrogen and oxygen atoms in total. The number of carboxylic acid groups (broad SMARTS) is 1. The SMILES string of the molecule is COc1ccc([C@H]2/C(=C(\O)c3ccccc3)C(=O)C(=O)N2c2ccc(C(=O)O)cc2)cc1. The van der Waals surface area contributed by atoms with Gasteiger partial charge in [-0.05, 0) is 42.0 Å². The van der Waals surface area contributed by atoms with Crippen LogP contribution >= 0.6 is 0 Å². The van der Waals surface area contributed by atoms with Gasteiger partial charge in [-0.3, -0.25) is 14.5 Å². The Labute approximate surface area is 183 Å². The zero-order valence-corrected chi connectivity index (χ0v) is 17.1. The third-order valence-corrected chi connectivity index (χ3v) is 5.32. The maximum atomic E-state index is 13.1. The van der Waals surface area contributed by atoms with E-state index in [4.69, 9.17) is 9.84 Å². The van der Waals surface area contributed by atoms with Crippen molar-refractivity contribution in [2.45, 2.75) is 6.04 Å². The van der Waals surface area contributed by atoms with Crippen LogP contribution in [0.1, 0.15) is 27.5 Å². The van der Waals surface area contributed by atoms with Crippen molar-refractivity contribution in [2.75, 3.05) is 12.0 Å². The van der Waals surface area contributed by atoms with Gasteiger partial charge in [0.05, 0.1) is 24.3 Å². The molecule has 32 heavy (non-hydrogen) atoms. The number of Topliss-reactive ketones (excluding diaryl/α,β-unsaturated/α-hetero) is 1. The molecule has 1 aliphatic rings. The molecule has 4 rings (SSSR count). The number of carboxylic acids is 1. The van der Waals surface area contributed by atoms with E-state index in [0.717, 1.165) is 0 Å². The third-order valence-electron chi connectivity index (χ3n) is 5.32. The van der Waals surface area contributed by atoms with Crippen molar-refractivity contribution in [3.63, 3.8) is 0 Å². The summed E-state index contributed by atoms with van der Waals surface area (Å²) in [7, 11) is 1.53. The third kappa shape index (κ3) is 3.60. The van der Waals surface area contributed by atoms with Crippen LogP contribution in [0.5, 0.6) is 5.75 Å². The number of anilines is 1. The molecule has 0 unspecified atom stereocenters. The highest BCUT2D eigenvalue weighted by Crippen LogP contribution is 2.42. The molecule has 0 saturated carbocycles. The van der Waals surface area contributed by atoms with Crippen molar-refractivity contribution < 1.29 is 29.3 Å². The van der Waals surface area contributed by atoms with Crippen molar-refractivity contribution in [2.24, 2.45) is 0 Å². The monoisotopic (exact) mass is 429 g/mol. The molecule has 1 atom stereocenters. The largest absolute Gasteiger partial charge is 0.507 e. The Morgan fingerprint density at radius 2 is 1.47 bits per heavy atom. The number of carbonyl (C=O) groups excluding carboxylic acids is 2. The van der Waals surface area contributed by atoms with Gasteiger partial charge in [-0.15, -0.1) is 0 Å². The van der Waals surface area contributed by atoms with Gasteiger partial charge in [0.15, 0.2) is 0 Å². The van der Waals surface area contributed by atoms with Crippen molar-refractivity contribution in [1.82, 2.24) is 0 Å². The second kappa shape index (κ2) is 8.39. The molecule has 1 fully saturated rings. The fraction of sp³-hybridized carbons (Fsp3) is 0.0800. The van der Waals surface area contributed by atoms with Crippen LogP contribution < -0.4 is 9.64 Å². The number of nitrogens with zero attached hydrogens (tertiary/aromatic N) is 1. The number of amides is 1.